The van der Waals surface area contributed by atoms with Crippen LogP contribution in [0.3, 0.4) is 0 Å². The van der Waals surface area contributed by atoms with Gasteiger partial charge in [-0.3, -0.25) is 14.4 Å². The molecular weight excluding hydrogens is 720 g/mol. The molecule has 13 nitrogen and oxygen atoms in total. The third-order valence-corrected chi connectivity index (χ3v) is 12.2. The number of hydrogen-bond acceptors (Lipinski definition) is 11. The lowest BCUT2D eigenvalue weighted by atomic mass is 9.52. The number of carbonyl (C=O) groups is 4. The molecule has 3 aliphatic carbocycles. The Morgan fingerprint density at radius 2 is 1.79 bits per heavy atom. The van der Waals surface area contributed by atoms with Crippen molar-refractivity contribution in [3.05, 3.63) is 52.6 Å². The van der Waals surface area contributed by atoms with Crippen LogP contribution in [0, 0.1) is 17.3 Å². The number of nitrogens with one attached hydrogen (secondary N) is 2. The lowest BCUT2D eigenvalue weighted by Crippen LogP contribution is -2.55. The van der Waals surface area contributed by atoms with Crippen molar-refractivity contribution in [3.8, 4) is 0 Å². The van der Waals surface area contributed by atoms with E-state index in [1.807, 2.05) is 12.1 Å². The highest BCUT2D eigenvalue weighted by molar-refractivity contribution is 5.97. The number of aliphatic hydroxyl groups is 2. The van der Waals surface area contributed by atoms with E-state index in [9.17, 15) is 29.4 Å². The Hall–Kier alpha value is -3.62. The number of rotatable bonds is 12. The van der Waals surface area contributed by atoms with Gasteiger partial charge in [-0.05, 0) is 114 Å². The van der Waals surface area contributed by atoms with Gasteiger partial charge < -0.3 is 44.5 Å². The molecule has 2 saturated carbocycles. The van der Waals surface area contributed by atoms with E-state index in [1.54, 1.807) is 39.0 Å². The summed E-state index contributed by atoms with van der Waals surface area (Å²) in [6.45, 7) is 13.1. The number of esters is 2. The summed E-state index contributed by atoms with van der Waals surface area (Å²) in [5.74, 6) is -1.27. The van der Waals surface area contributed by atoms with Crippen molar-refractivity contribution >= 4 is 29.8 Å². The standard InChI is InChI=1S/C43H60N2O11/c1-24(47)36(39(50)44-29(22-46)13-15-35(48)56-41(2,3)4)45-38(49)28-19-32-37(53-23-52-32)33(20-28)54-40(51)26-10-8-25(9-11-26)18-27-12-14-34-43(7,55-34)17-16-31-30(27)21-42(31,5)6/h8-11,18-19,24,29-34,36-37,46-47H,12-17,20-23H2,1-7H3,(H,44,50)(H,45,49). The Labute approximate surface area is 329 Å². The first-order valence-electron chi connectivity index (χ1n) is 20.1. The lowest BCUT2D eigenvalue weighted by molar-refractivity contribution is -0.155. The lowest BCUT2D eigenvalue weighted by Gasteiger charge is -2.53. The molecule has 0 bridgehead atoms. The van der Waals surface area contributed by atoms with Crippen molar-refractivity contribution in [2.75, 3.05) is 13.4 Å². The molecule has 0 radical (unpaired) electrons. The number of epoxide rings is 1. The molecule has 4 fully saturated rings. The quantitative estimate of drug-likeness (QED) is 0.173. The van der Waals surface area contributed by atoms with Gasteiger partial charge in [-0.15, -0.1) is 0 Å². The highest BCUT2D eigenvalue weighted by Crippen LogP contribution is 2.59. The van der Waals surface area contributed by atoms with Crippen LogP contribution in [0.4, 0.5) is 0 Å². The summed E-state index contributed by atoms with van der Waals surface area (Å²) < 4.78 is 28.8. The number of amides is 2. The Morgan fingerprint density at radius 3 is 2.45 bits per heavy atom. The molecule has 0 spiro atoms. The first-order valence-corrected chi connectivity index (χ1v) is 20.1. The average molecular weight is 781 g/mol. The molecular formula is C43H60N2O11. The Bertz CT molecular complexity index is 1700. The maximum atomic E-state index is 13.6. The molecule has 13 heteroatoms. The summed E-state index contributed by atoms with van der Waals surface area (Å²) in [5, 5.41) is 25.5. The Morgan fingerprint density at radius 1 is 1.05 bits per heavy atom. The first kappa shape index (κ1) is 42.0. The molecule has 10 unspecified atom stereocenters. The zero-order valence-electron chi connectivity index (χ0n) is 33.8. The second-order valence-electron chi connectivity index (χ2n) is 18.2. The minimum atomic E-state index is -1.39. The highest BCUT2D eigenvalue weighted by Gasteiger charge is 2.56. The third kappa shape index (κ3) is 9.90. The highest BCUT2D eigenvalue weighted by atomic mass is 16.7. The summed E-state index contributed by atoms with van der Waals surface area (Å²) in [7, 11) is 0. The first-order chi connectivity index (χ1) is 26.4. The monoisotopic (exact) mass is 780 g/mol. The fourth-order valence-corrected chi connectivity index (χ4v) is 8.89. The molecule has 1 aromatic rings. The number of hydrogen-bond donors (Lipinski definition) is 4. The molecule has 6 rings (SSSR count). The number of allylic oxidation sites excluding steroid dienone is 1. The van der Waals surface area contributed by atoms with Gasteiger partial charge in [-0.25, -0.2) is 4.79 Å². The van der Waals surface area contributed by atoms with Crippen molar-refractivity contribution in [3.63, 3.8) is 0 Å². The van der Waals surface area contributed by atoms with Gasteiger partial charge in [-0.2, -0.15) is 0 Å². The zero-order valence-corrected chi connectivity index (χ0v) is 33.8. The molecule has 10 atom stereocenters. The van der Waals surface area contributed by atoms with E-state index in [0.717, 1.165) is 24.8 Å². The fraction of sp³-hybridized carbons (Fsp3) is 0.674. The number of fused-ring (bicyclic) bond motifs is 3. The van der Waals surface area contributed by atoms with E-state index in [1.165, 1.54) is 25.3 Å². The molecule has 56 heavy (non-hydrogen) atoms. The molecule has 1 aromatic carbocycles. The van der Waals surface area contributed by atoms with Crippen LogP contribution in [0.1, 0.15) is 116 Å². The third-order valence-electron chi connectivity index (χ3n) is 12.2. The van der Waals surface area contributed by atoms with Gasteiger partial charge in [0.25, 0.3) is 0 Å². The maximum Gasteiger partial charge on any atom is 0.338 e. The molecule has 308 valence electrons. The van der Waals surface area contributed by atoms with Crippen LogP contribution in [0.5, 0.6) is 0 Å². The topological polar surface area (TPSA) is 182 Å². The van der Waals surface area contributed by atoms with Crippen molar-refractivity contribution < 1.29 is 53.1 Å². The minimum absolute atomic E-state index is 0.0156. The van der Waals surface area contributed by atoms with Gasteiger partial charge in [0.15, 0.2) is 0 Å². The molecule has 0 aromatic heterocycles. The molecule has 2 amide bonds. The summed E-state index contributed by atoms with van der Waals surface area (Å²) in [6, 6.07) is 5.17. The largest absolute Gasteiger partial charge is 0.460 e. The van der Waals surface area contributed by atoms with Crippen LogP contribution >= 0.6 is 0 Å². The molecule has 2 saturated heterocycles. The number of ether oxygens (including phenoxy) is 5. The maximum absolute atomic E-state index is 13.6. The average Bonchev–Trinajstić information content (AvgIpc) is 3.50. The van der Waals surface area contributed by atoms with Crippen LogP contribution in [-0.4, -0.2) is 101 Å². The van der Waals surface area contributed by atoms with Gasteiger partial charge in [0, 0.05) is 18.4 Å². The van der Waals surface area contributed by atoms with Crippen LogP contribution < -0.4 is 10.6 Å². The van der Waals surface area contributed by atoms with E-state index < -0.39 is 72.5 Å². The molecule has 2 aliphatic heterocycles. The van der Waals surface area contributed by atoms with Gasteiger partial charge in [0.2, 0.25) is 11.8 Å². The predicted octanol–water partition coefficient (Wildman–Crippen LogP) is 4.53. The minimum Gasteiger partial charge on any atom is -0.460 e. The summed E-state index contributed by atoms with van der Waals surface area (Å²) in [6.07, 6.45) is 6.22. The van der Waals surface area contributed by atoms with Gasteiger partial charge in [0.05, 0.1) is 36.0 Å². The summed E-state index contributed by atoms with van der Waals surface area (Å²) in [4.78, 5) is 52.4. The van der Waals surface area contributed by atoms with E-state index in [0.29, 0.717) is 28.9 Å². The molecule has 5 aliphatic rings. The van der Waals surface area contributed by atoms with Crippen molar-refractivity contribution in [2.24, 2.45) is 17.3 Å². The van der Waals surface area contributed by atoms with E-state index in [-0.39, 0.29) is 37.2 Å². The SMILES string of the molecule is CC(O)C(NC(=O)C1=CC2OCOC2C(OC(=O)c2ccc(C=C3CCC4OC4(C)CCC4C3CC4(C)C)cc2)C1)C(=O)NC(CO)CCC(=O)OC(C)(C)C. The van der Waals surface area contributed by atoms with Crippen molar-refractivity contribution in [2.45, 2.75) is 154 Å². The predicted molar refractivity (Wildman–Crippen MR) is 206 cm³/mol. The van der Waals surface area contributed by atoms with Crippen LogP contribution in [0.2, 0.25) is 0 Å². The fourth-order valence-electron chi connectivity index (χ4n) is 8.89. The molecule has 4 N–H and O–H groups in total. The van der Waals surface area contributed by atoms with Crippen molar-refractivity contribution in [1.82, 2.24) is 10.6 Å². The van der Waals surface area contributed by atoms with E-state index in [2.05, 4.69) is 37.5 Å². The summed E-state index contributed by atoms with van der Waals surface area (Å²) in [5.41, 5.74) is 2.69. The van der Waals surface area contributed by atoms with E-state index >= 15 is 0 Å². The smallest absolute Gasteiger partial charge is 0.338 e. The van der Waals surface area contributed by atoms with Gasteiger partial charge >= 0.3 is 11.9 Å². The van der Waals surface area contributed by atoms with Crippen molar-refractivity contribution in [1.29, 1.82) is 0 Å². The number of carbonyl (C=O) groups excluding carboxylic acids is 4. The van der Waals surface area contributed by atoms with Crippen LogP contribution in [-0.2, 0) is 38.1 Å². The Kier molecular flexibility index (Phi) is 12.5. The summed E-state index contributed by atoms with van der Waals surface area (Å²) >= 11 is 0. The van der Waals surface area contributed by atoms with Crippen LogP contribution in [0.15, 0.2) is 41.5 Å². The Balaban J connectivity index is 1.07. The van der Waals surface area contributed by atoms with Gasteiger partial charge in [-0.1, -0.05) is 37.6 Å². The zero-order chi connectivity index (χ0) is 40.6. The molecule has 2 heterocycles. The number of benzene rings is 1. The van der Waals surface area contributed by atoms with Gasteiger partial charge in [0.1, 0.15) is 36.7 Å². The second kappa shape index (κ2) is 16.7. The van der Waals surface area contributed by atoms with Crippen LogP contribution in [0.25, 0.3) is 6.08 Å². The number of aliphatic hydroxyl groups excluding tert-OH is 2. The van der Waals surface area contributed by atoms with E-state index in [4.69, 9.17) is 23.7 Å². The normalized spacial score (nSPS) is 31.6. The second-order valence-corrected chi connectivity index (χ2v) is 18.2.